The quantitative estimate of drug-likeness (QED) is 0.887. The zero-order chi connectivity index (χ0) is 13.9. The highest BCUT2D eigenvalue weighted by Gasteiger charge is 2.39. The third kappa shape index (κ3) is 3.58. The van der Waals surface area contributed by atoms with Crippen molar-refractivity contribution in [1.29, 1.82) is 0 Å². The van der Waals surface area contributed by atoms with Crippen LogP contribution in [0.1, 0.15) is 58.1 Å². The van der Waals surface area contributed by atoms with Crippen LogP contribution >= 0.6 is 0 Å². The van der Waals surface area contributed by atoms with E-state index in [-0.39, 0.29) is 11.7 Å². The van der Waals surface area contributed by atoms with Gasteiger partial charge in [0.25, 0.3) is 0 Å². The minimum atomic E-state index is -0.120. The number of hydrogen-bond acceptors (Lipinski definition) is 2. The Morgan fingerprint density at radius 2 is 1.68 bits per heavy atom. The Morgan fingerprint density at radius 3 is 2.21 bits per heavy atom. The third-order valence-corrected chi connectivity index (χ3v) is 4.58. The van der Waals surface area contributed by atoms with Crippen LogP contribution in [0.5, 0.6) is 0 Å². The van der Waals surface area contributed by atoms with Crippen molar-refractivity contribution < 1.29 is 4.74 Å². The summed E-state index contributed by atoms with van der Waals surface area (Å²) in [6.07, 6.45) is 4.67. The standard InChI is InChI=1S/C17H27NO/c1-14(15-7-5-4-6-8-15)19-17(13-18)11-9-16(2,3)10-12-17/h4-8,14H,9-13,18H2,1-3H3. The van der Waals surface area contributed by atoms with Crippen molar-refractivity contribution >= 4 is 0 Å². The van der Waals surface area contributed by atoms with Crippen molar-refractivity contribution in [3.05, 3.63) is 35.9 Å². The molecule has 1 fully saturated rings. The molecule has 106 valence electrons. The molecule has 0 bridgehead atoms. The van der Waals surface area contributed by atoms with Gasteiger partial charge in [-0.3, -0.25) is 0 Å². The first kappa shape index (κ1) is 14.5. The fourth-order valence-corrected chi connectivity index (χ4v) is 2.92. The number of hydrogen-bond donors (Lipinski definition) is 1. The predicted octanol–water partition coefficient (Wildman–Crippen LogP) is 4.06. The first-order valence-corrected chi connectivity index (χ1v) is 7.39. The molecule has 0 aromatic heterocycles. The highest BCUT2D eigenvalue weighted by molar-refractivity contribution is 5.17. The third-order valence-electron chi connectivity index (χ3n) is 4.58. The van der Waals surface area contributed by atoms with Crippen molar-refractivity contribution in [2.45, 2.75) is 58.2 Å². The van der Waals surface area contributed by atoms with Crippen LogP contribution in [0.25, 0.3) is 0 Å². The maximum Gasteiger partial charge on any atom is 0.0812 e. The van der Waals surface area contributed by atoms with Crippen LogP contribution in [-0.2, 0) is 4.74 Å². The summed E-state index contributed by atoms with van der Waals surface area (Å²) >= 11 is 0. The maximum absolute atomic E-state index is 6.38. The number of nitrogens with two attached hydrogens (primary N) is 1. The molecule has 0 spiro atoms. The Bertz CT molecular complexity index is 389. The summed E-state index contributed by atoms with van der Waals surface area (Å²) in [7, 11) is 0. The SMILES string of the molecule is CC(OC1(CN)CCC(C)(C)CC1)c1ccccc1. The van der Waals surface area contributed by atoms with Gasteiger partial charge < -0.3 is 10.5 Å². The summed E-state index contributed by atoms with van der Waals surface area (Å²) in [4.78, 5) is 0. The van der Waals surface area contributed by atoms with E-state index < -0.39 is 0 Å². The van der Waals surface area contributed by atoms with Crippen LogP contribution in [0.4, 0.5) is 0 Å². The molecule has 2 heteroatoms. The van der Waals surface area contributed by atoms with Gasteiger partial charge >= 0.3 is 0 Å². The molecular weight excluding hydrogens is 234 g/mol. The molecule has 0 aliphatic heterocycles. The van der Waals surface area contributed by atoms with Crippen LogP contribution in [0.2, 0.25) is 0 Å². The molecule has 1 unspecified atom stereocenters. The van der Waals surface area contributed by atoms with Gasteiger partial charge in [0.1, 0.15) is 0 Å². The monoisotopic (exact) mass is 261 g/mol. The zero-order valence-corrected chi connectivity index (χ0v) is 12.5. The molecular formula is C17H27NO. The van der Waals surface area contributed by atoms with E-state index in [4.69, 9.17) is 10.5 Å². The summed E-state index contributed by atoms with van der Waals surface area (Å²) in [5.41, 5.74) is 7.59. The molecule has 1 atom stereocenters. The van der Waals surface area contributed by atoms with Gasteiger partial charge in [0.2, 0.25) is 0 Å². The van der Waals surface area contributed by atoms with E-state index >= 15 is 0 Å². The lowest BCUT2D eigenvalue weighted by atomic mass is 9.71. The Labute approximate surface area is 117 Å². The van der Waals surface area contributed by atoms with Gasteiger partial charge in [-0.2, -0.15) is 0 Å². The molecule has 1 aromatic carbocycles. The van der Waals surface area contributed by atoms with Gasteiger partial charge in [-0.1, -0.05) is 44.2 Å². The van der Waals surface area contributed by atoms with E-state index in [0.717, 1.165) is 12.8 Å². The van der Waals surface area contributed by atoms with Gasteiger partial charge in [0, 0.05) is 6.54 Å². The molecule has 0 radical (unpaired) electrons. The van der Waals surface area contributed by atoms with Crippen LogP contribution < -0.4 is 5.73 Å². The van der Waals surface area contributed by atoms with Crippen molar-refractivity contribution in [1.82, 2.24) is 0 Å². The number of benzene rings is 1. The second-order valence-corrected chi connectivity index (χ2v) is 6.72. The van der Waals surface area contributed by atoms with E-state index in [9.17, 15) is 0 Å². The van der Waals surface area contributed by atoms with E-state index in [1.807, 2.05) is 6.07 Å². The summed E-state index contributed by atoms with van der Waals surface area (Å²) in [6, 6.07) is 10.4. The predicted molar refractivity (Wildman–Crippen MR) is 80.0 cm³/mol. The molecule has 1 aromatic rings. The highest BCUT2D eigenvalue weighted by atomic mass is 16.5. The van der Waals surface area contributed by atoms with Crippen LogP contribution in [0.15, 0.2) is 30.3 Å². The molecule has 1 aliphatic rings. The average molecular weight is 261 g/mol. The Balaban J connectivity index is 2.03. The van der Waals surface area contributed by atoms with Gasteiger partial charge in [0.15, 0.2) is 0 Å². The molecule has 0 saturated heterocycles. The van der Waals surface area contributed by atoms with Crippen LogP contribution in [-0.4, -0.2) is 12.1 Å². The first-order valence-electron chi connectivity index (χ1n) is 7.39. The fourth-order valence-electron chi connectivity index (χ4n) is 2.92. The lowest BCUT2D eigenvalue weighted by Gasteiger charge is -2.44. The summed E-state index contributed by atoms with van der Waals surface area (Å²) in [6.45, 7) is 7.44. The van der Waals surface area contributed by atoms with Crippen molar-refractivity contribution in [3.63, 3.8) is 0 Å². The van der Waals surface area contributed by atoms with E-state index in [1.54, 1.807) is 0 Å². The lowest BCUT2D eigenvalue weighted by molar-refractivity contribution is -0.117. The largest absolute Gasteiger partial charge is 0.366 e. The van der Waals surface area contributed by atoms with E-state index in [1.165, 1.54) is 18.4 Å². The first-order chi connectivity index (χ1) is 8.96. The number of ether oxygens (including phenoxy) is 1. The molecule has 2 N–H and O–H groups in total. The summed E-state index contributed by atoms with van der Waals surface area (Å²) in [5, 5.41) is 0. The second-order valence-electron chi connectivity index (χ2n) is 6.72. The van der Waals surface area contributed by atoms with Crippen molar-refractivity contribution in [2.75, 3.05) is 6.54 Å². The van der Waals surface area contributed by atoms with Gasteiger partial charge in [-0.05, 0) is 43.6 Å². The topological polar surface area (TPSA) is 35.2 Å². The van der Waals surface area contributed by atoms with Crippen molar-refractivity contribution in [3.8, 4) is 0 Å². The molecule has 2 rings (SSSR count). The summed E-state index contributed by atoms with van der Waals surface area (Å²) < 4.78 is 6.38. The van der Waals surface area contributed by atoms with Gasteiger partial charge in [-0.25, -0.2) is 0 Å². The lowest BCUT2D eigenvalue weighted by Crippen LogP contribution is -2.46. The number of rotatable bonds is 4. The molecule has 1 saturated carbocycles. The van der Waals surface area contributed by atoms with E-state index in [2.05, 4.69) is 45.0 Å². The highest BCUT2D eigenvalue weighted by Crippen LogP contribution is 2.43. The normalized spacial score (nSPS) is 22.9. The average Bonchev–Trinajstić information content (AvgIpc) is 2.42. The molecule has 1 aliphatic carbocycles. The molecule has 0 amide bonds. The second kappa shape index (κ2) is 5.64. The molecule has 2 nitrogen and oxygen atoms in total. The van der Waals surface area contributed by atoms with Crippen LogP contribution in [0, 0.1) is 5.41 Å². The Kier molecular flexibility index (Phi) is 4.32. The minimum absolute atomic E-state index is 0.117. The van der Waals surface area contributed by atoms with Crippen molar-refractivity contribution in [2.24, 2.45) is 11.1 Å². The summed E-state index contributed by atoms with van der Waals surface area (Å²) in [5.74, 6) is 0. The smallest absolute Gasteiger partial charge is 0.0812 e. The zero-order valence-electron chi connectivity index (χ0n) is 12.5. The maximum atomic E-state index is 6.38. The Morgan fingerprint density at radius 1 is 1.11 bits per heavy atom. The van der Waals surface area contributed by atoms with Crippen LogP contribution in [0.3, 0.4) is 0 Å². The van der Waals surface area contributed by atoms with Gasteiger partial charge in [0.05, 0.1) is 11.7 Å². The fraction of sp³-hybridized carbons (Fsp3) is 0.647. The van der Waals surface area contributed by atoms with E-state index in [0.29, 0.717) is 12.0 Å². The molecule has 19 heavy (non-hydrogen) atoms. The van der Waals surface area contributed by atoms with Gasteiger partial charge in [-0.15, -0.1) is 0 Å². The Hall–Kier alpha value is -0.860. The minimum Gasteiger partial charge on any atom is -0.366 e. The molecule has 0 heterocycles.